The van der Waals surface area contributed by atoms with E-state index in [0.29, 0.717) is 6.42 Å². The lowest BCUT2D eigenvalue weighted by molar-refractivity contribution is 0.598. The molecule has 0 N–H and O–H groups in total. The molecule has 3 heteroatoms. The third-order valence-corrected chi connectivity index (χ3v) is 3.66. The van der Waals surface area contributed by atoms with Crippen LogP contribution in [0.15, 0.2) is 42.5 Å². The monoisotopic (exact) mass is 224 g/mol. The second-order valence-corrected chi connectivity index (χ2v) is 5.65. The highest BCUT2D eigenvalue weighted by Crippen LogP contribution is 2.02. The first kappa shape index (κ1) is 12.0. The quantitative estimate of drug-likeness (QED) is 0.719. The van der Waals surface area contributed by atoms with Gasteiger partial charge in [0.15, 0.2) is 9.84 Å². The summed E-state index contributed by atoms with van der Waals surface area (Å²) in [4.78, 5) is 0. The zero-order chi connectivity index (χ0) is 11.1. The van der Waals surface area contributed by atoms with Crippen molar-refractivity contribution in [3.63, 3.8) is 0 Å². The minimum atomic E-state index is -2.93. The van der Waals surface area contributed by atoms with Gasteiger partial charge in [-0.3, -0.25) is 0 Å². The Morgan fingerprint density at radius 2 is 1.87 bits per heavy atom. The van der Waals surface area contributed by atoms with Crippen molar-refractivity contribution in [3.8, 4) is 0 Å². The van der Waals surface area contributed by atoms with Gasteiger partial charge in [0.2, 0.25) is 0 Å². The maximum absolute atomic E-state index is 11.5. The molecular weight excluding hydrogens is 208 g/mol. The predicted octanol–water partition coefficient (Wildman–Crippen LogP) is 2.22. The van der Waals surface area contributed by atoms with E-state index >= 15 is 0 Å². The third-order valence-electron chi connectivity index (χ3n) is 2.13. The van der Waals surface area contributed by atoms with Crippen molar-refractivity contribution in [1.29, 1.82) is 0 Å². The molecule has 1 aromatic carbocycles. The third kappa shape index (κ3) is 4.79. The smallest absolute Gasteiger partial charge is 0.154 e. The van der Waals surface area contributed by atoms with Crippen LogP contribution in [-0.2, 0) is 16.3 Å². The number of sulfone groups is 1. The van der Waals surface area contributed by atoms with E-state index in [9.17, 15) is 8.42 Å². The van der Waals surface area contributed by atoms with Crippen LogP contribution in [0.3, 0.4) is 0 Å². The summed E-state index contributed by atoms with van der Waals surface area (Å²) >= 11 is 0. The number of benzene rings is 1. The lowest BCUT2D eigenvalue weighted by Crippen LogP contribution is -2.11. The van der Waals surface area contributed by atoms with E-state index in [4.69, 9.17) is 0 Å². The largest absolute Gasteiger partial charge is 0.229 e. The highest BCUT2D eigenvalue weighted by Gasteiger charge is 2.07. The van der Waals surface area contributed by atoms with E-state index in [1.54, 1.807) is 12.2 Å². The van der Waals surface area contributed by atoms with Gasteiger partial charge in [0.25, 0.3) is 0 Å². The van der Waals surface area contributed by atoms with Gasteiger partial charge in [0, 0.05) is 0 Å². The second-order valence-electron chi connectivity index (χ2n) is 3.42. The SMILES string of the molecule is C/C=C/CS(=O)(=O)CCc1ccccc1. The van der Waals surface area contributed by atoms with E-state index in [-0.39, 0.29) is 11.5 Å². The van der Waals surface area contributed by atoms with Gasteiger partial charge >= 0.3 is 0 Å². The van der Waals surface area contributed by atoms with Gasteiger partial charge in [-0.1, -0.05) is 42.5 Å². The normalized spacial score (nSPS) is 12.1. The van der Waals surface area contributed by atoms with Crippen molar-refractivity contribution in [3.05, 3.63) is 48.0 Å². The Morgan fingerprint density at radius 1 is 1.20 bits per heavy atom. The van der Waals surface area contributed by atoms with Gasteiger partial charge in [0.1, 0.15) is 0 Å². The van der Waals surface area contributed by atoms with Crippen LogP contribution in [0.25, 0.3) is 0 Å². The molecule has 2 nitrogen and oxygen atoms in total. The summed E-state index contributed by atoms with van der Waals surface area (Å²) in [5.74, 6) is 0.373. The number of hydrogen-bond acceptors (Lipinski definition) is 2. The maximum Gasteiger partial charge on any atom is 0.154 e. The molecule has 0 radical (unpaired) electrons. The fourth-order valence-electron chi connectivity index (χ4n) is 1.24. The Balaban J connectivity index is 2.50. The molecule has 0 unspecified atom stereocenters. The summed E-state index contributed by atoms with van der Waals surface area (Å²) in [5, 5.41) is 0. The van der Waals surface area contributed by atoms with E-state index in [2.05, 4.69) is 0 Å². The molecule has 1 aromatic rings. The summed E-state index contributed by atoms with van der Waals surface area (Å²) in [6, 6.07) is 9.68. The lowest BCUT2D eigenvalue weighted by atomic mass is 10.2. The molecule has 0 atom stereocenters. The van der Waals surface area contributed by atoms with Crippen LogP contribution in [-0.4, -0.2) is 19.9 Å². The molecule has 0 aliphatic rings. The van der Waals surface area contributed by atoms with Crippen LogP contribution in [0, 0.1) is 0 Å². The van der Waals surface area contributed by atoms with E-state index < -0.39 is 9.84 Å². The Labute approximate surface area is 91.6 Å². The van der Waals surface area contributed by atoms with Crippen molar-refractivity contribution in [2.24, 2.45) is 0 Å². The van der Waals surface area contributed by atoms with E-state index in [0.717, 1.165) is 5.56 Å². The second kappa shape index (κ2) is 5.71. The summed E-state index contributed by atoms with van der Waals surface area (Å²) in [7, 11) is -2.93. The molecular formula is C12H16O2S. The predicted molar refractivity (Wildman–Crippen MR) is 63.6 cm³/mol. The molecule has 0 aliphatic heterocycles. The van der Waals surface area contributed by atoms with Gasteiger partial charge in [-0.2, -0.15) is 0 Å². The zero-order valence-electron chi connectivity index (χ0n) is 8.89. The molecule has 0 amide bonds. The van der Waals surface area contributed by atoms with Gasteiger partial charge < -0.3 is 0 Å². The molecule has 0 aromatic heterocycles. The van der Waals surface area contributed by atoms with Crippen molar-refractivity contribution in [1.82, 2.24) is 0 Å². The highest BCUT2D eigenvalue weighted by molar-refractivity contribution is 7.91. The summed E-state index contributed by atoms with van der Waals surface area (Å²) in [6.07, 6.45) is 4.04. The molecule has 0 spiro atoms. The number of aryl methyl sites for hydroxylation is 1. The molecule has 0 saturated carbocycles. The first-order valence-corrected chi connectivity index (χ1v) is 6.82. The average molecular weight is 224 g/mol. The number of allylic oxidation sites excluding steroid dienone is 1. The van der Waals surface area contributed by atoms with E-state index in [1.807, 2.05) is 37.3 Å². The molecule has 0 saturated heterocycles. The molecule has 1 rings (SSSR count). The van der Waals surface area contributed by atoms with Crippen LogP contribution < -0.4 is 0 Å². The van der Waals surface area contributed by atoms with Crippen molar-refractivity contribution >= 4 is 9.84 Å². The van der Waals surface area contributed by atoms with Gasteiger partial charge in [-0.25, -0.2) is 8.42 Å². The molecule has 0 bridgehead atoms. The summed E-state index contributed by atoms with van der Waals surface area (Å²) in [5.41, 5.74) is 1.07. The van der Waals surface area contributed by atoms with Crippen LogP contribution in [0.5, 0.6) is 0 Å². The molecule has 0 fully saturated rings. The van der Waals surface area contributed by atoms with Gasteiger partial charge in [-0.15, -0.1) is 0 Å². The van der Waals surface area contributed by atoms with Crippen LogP contribution in [0.2, 0.25) is 0 Å². The molecule has 15 heavy (non-hydrogen) atoms. The fraction of sp³-hybridized carbons (Fsp3) is 0.333. The van der Waals surface area contributed by atoms with Crippen LogP contribution in [0.4, 0.5) is 0 Å². The maximum atomic E-state index is 11.5. The average Bonchev–Trinajstić information content (AvgIpc) is 2.25. The van der Waals surface area contributed by atoms with Gasteiger partial charge in [0.05, 0.1) is 11.5 Å². The Kier molecular flexibility index (Phi) is 4.56. The van der Waals surface area contributed by atoms with Crippen molar-refractivity contribution < 1.29 is 8.42 Å². The summed E-state index contributed by atoms with van der Waals surface area (Å²) < 4.78 is 23.0. The van der Waals surface area contributed by atoms with Crippen LogP contribution in [0.1, 0.15) is 12.5 Å². The number of hydrogen-bond donors (Lipinski definition) is 0. The Morgan fingerprint density at radius 3 is 2.47 bits per heavy atom. The Bertz CT molecular complexity index is 405. The van der Waals surface area contributed by atoms with Crippen molar-refractivity contribution in [2.75, 3.05) is 11.5 Å². The molecule has 0 aliphatic carbocycles. The van der Waals surface area contributed by atoms with Crippen molar-refractivity contribution in [2.45, 2.75) is 13.3 Å². The van der Waals surface area contributed by atoms with Crippen LogP contribution >= 0.6 is 0 Å². The minimum absolute atomic E-state index is 0.149. The summed E-state index contributed by atoms with van der Waals surface area (Å²) in [6.45, 7) is 1.83. The molecule has 0 heterocycles. The Hall–Kier alpha value is -1.09. The minimum Gasteiger partial charge on any atom is -0.229 e. The molecule has 82 valence electrons. The zero-order valence-corrected chi connectivity index (χ0v) is 9.70. The standard InChI is InChI=1S/C12H16O2S/c1-2-3-10-15(13,14)11-9-12-7-5-4-6-8-12/h2-8H,9-11H2,1H3/b3-2+. The number of rotatable bonds is 5. The first-order chi connectivity index (χ1) is 7.14. The first-order valence-electron chi connectivity index (χ1n) is 4.99. The fourth-order valence-corrected chi connectivity index (χ4v) is 2.44. The van der Waals surface area contributed by atoms with Gasteiger partial charge in [-0.05, 0) is 18.9 Å². The van der Waals surface area contributed by atoms with E-state index in [1.165, 1.54) is 0 Å². The highest BCUT2D eigenvalue weighted by atomic mass is 32.2. The topological polar surface area (TPSA) is 34.1 Å². The lowest BCUT2D eigenvalue weighted by Gasteiger charge is -2.01.